The number of carbonyl (C=O) groups is 2. The van der Waals surface area contributed by atoms with Crippen molar-refractivity contribution in [2.24, 2.45) is 0 Å². The monoisotopic (exact) mass is 397 g/mol. The molecule has 3 aromatic rings. The van der Waals surface area contributed by atoms with E-state index in [4.69, 9.17) is 4.74 Å². The van der Waals surface area contributed by atoms with Crippen LogP contribution in [0.4, 0.5) is 10.1 Å². The van der Waals surface area contributed by atoms with Gasteiger partial charge in [-0.3, -0.25) is 4.79 Å². The quantitative estimate of drug-likeness (QED) is 0.667. The highest BCUT2D eigenvalue weighted by molar-refractivity contribution is 7.15. The zero-order chi connectivity index (χ0) is 19.8. The molecular formula is C21H16FNO4S. The lowest BCUT2D eigenvalue weighted by molar-refractivity contribution is -0.116. The molecule has 1 atom stereocenters. The number of methoxy groups -OCH3 is 1. The number of hydrogen-bond acceptors (Lipinski definition) is 4. The molecule has 142 valence electrons. The minimum absolute atomic E-state index is 0.0799. The number of amides is 1. The van der Waals surface area contributed by atoms with Crippen LogP contribution in [-0.4, -0.2) is 24.1 Å². The summed E-state index contributed by atoms with van der Waals surface area (Å²) in [5.74, 6) is -1.37. The number of carboxylic acids is 1. The number of nitrogens with one attached hydrogen (secondary N) is 1. The first-order valence-electron chi connectivity index (χ1n) is 8.57. The molecule has 1 aliphatic rings. The number of aromatic carboxylic acids is 1. The van der Waals surface area contributed by atoms with Gasteiger partial charge in [-0.1, -0.05) is 24.3 Å². The van der Waals surface area contributed by atoms with Gasteiger partial charge >= 0.3 is 5.97 Å². The molecule has 1 aromatic heterocycles. The van der Waals surface area contributed by atoms with E-state index in [-0.39, 0.29) is 23.1 Å². The fourth-order valence-corrected chi connectivity index (χ4v) is 4.71. The van der Waals surface area contributed by atoms with Crippen LogP contribution in [0.5, 0.6) is 5.75 Å². The summed E-state index contributed by atoms with van der Waals surface area (Å²) < 4.78 is 19.0. The van der Waals surface area contributed by atoms with Gasteiger partial charge in [0.1, 0.15) is 16.4 Å². The van der Waals surface area contributed by atoms with Gasteiger partial charge in [0.05, 0.1) is 12.8 Å². The molecule has 0 saturated carbocycles. The molecule has 0 radical (unpaired) electrons. The second-order valence-corrected chi connectivity index (χ2v) is 7.49. The smallest absolute Gasteiger partial charge is 0.346 e. The molecule has 28 heavy (non-hydrogen) atoms. The molecule has 5 nitrogen and oxygen atoms in total. The fraction of sp³-hybridized carbons (Fsp3) is 0.143. The summed E-state index contributed by atoms with van der Waals surface area (Å²) in [5, 5.41) is 12.5. The molecule has 7 heteroatoms. The summed E-state index contributed by atoms with van der Waals surface area (Å²) in [4.78, 5) is 25.1. The van der Waals surface area contributed by atoms with Gasteiger partial charge in [-0.2, -0.15) is 0 Å². The standard InChI is InChI=1S/C21H16FNO4S/c1-27-14-7-5-11(6-8-14)15-10-16(24)23-18-17(12-3-2-4-13(22)9-12)20(21(25)26)28-19(15)18/h2-9,15H,10H2,1H3,(H,23,24)(H,25,26)/t15-/m0/s1. The Hall–Kier alpha value is -3.19. The van der Waals surface area contributed by atoms with Crippen LogP contribution in [0.25, 0.3) is 11.1 Å². The lowest BCUT2D eigenvalue weighted by atomic mass is 9.88. The minimum atomic E-state index is -1.11. The van der Waals surface area contributed by atoms with Crippen molar-refractivity contribution in [1.82, 2.24) is 0 Å². The topological polar surface area (TPSA) is 75.6 Å². The first-order valence-corrected chi connectivity index (χ1v) is 9.39. The molecule has 2 aromatic carbocycles. The summed E-state index contributed by atoms with van der Waals surface area (Å²) in [5.41, 5.74) is 2.11. The van der Waals surface area contributed by atoms with E-state index < -0.39 is 11.8 Å². The van der Waals surface area contributed by atoms with Crippen LogP contribution in [0.3, 0.4) is 0 Å². The summed E-state index contributed by atoms with van der Waals surface area (Å²) in [6, 6.07) is 13.1. The van der Waals surface area contributed by atoms with Gasteiger partial charge in [0.2, 0.25) is 5.91 Å². The van der Waals surface area contributed by atoms with Crippen LogP contribution in [0, 0.1) is 5.82 Å². The van der Waals surface area contributed by atoms with Crippen LogP contribution in [0.2, 0.25) is 0 Å². The van der Waals surface area contributed by atoms with Crippen molar-refractivity contribution in [2.75, 3.05) is 12.4 Å². The number of anilines is 1. The van der Waals surface area contributed by atoms with E-state index in [2.05, 4.69) is 5.32 Å². The van der Waals surface area contributed by atoms with Crippen LogP contribution in [-0.2, 0) is 4.79 Å². The van der Waals surface area contributed by atoms with Crippen molar-refractivity contribution in [3.8, 4) is 16.9 Å². The third kappa shape index (κ3) is 3.14. The third-order valence-corrected chi connectivity index (χ3v) is 6.02. The molecule has 2 heterocycles. The largest absolute Gasteiger partial charge is 0.497 e. The number of benzene rings is 2. The van der Waals surface area contributed by atoms with E-state index in [1.165, 1.54) is 18.2 Å². The fourth-order valence-electron chi connectivity index (χ4n) is 3.46. The second-order valence-electron chi connectivity index (χ2n) is 6.44. The SMILES string of the molecule is COc1ccc([C@@H]2CC(=O)Nc3c2sc(C(=O)O)c3-c2cccc(F)c2)cc1. The highest BCUT2D eigenvalue weighted by atomic mass is 32.1. The van der Waals surface area contributed by atoms with E-state index in [0.29, 0.717) is 22.6 Å². The Bertz CT molecular complexity index is 1070. The Balaban J connectivity index is 1.90. The maximum absolute atomic E-state index is 13.8. The predicted octanol–water partition coefficient (Wildman–Crippen LogP) is 4.74. The Morgan fingerprint density at radius 1 is 1.25 bits per heavy atom. The molecule has 0 fully saturated rings. The van der Waals surface area contributed by atoms with Crippen molar-refractivity contribution in [2.45, 2.75) is 12.3 Å². The van der Waals surface area contributed by atoms with E-state index in [0.717, 1.165) is 21.8 Å². The molecule has 1 aliphatic heterocycles. The number of fused-ring (bicyclic) bond motifs is 1. The number of carboxylic acid groups (broad SMARTS) is 1. The Labute approximate surface area is 164 Å². The number of thiophene rings is 1. The van der Waals surface area contributed by atoms with Crippen molar-refractivity contribution < 1.29 is 23.8 Å². The normalized spacial score (nSPS) is 15.6. The molecular weight excluding hydrogens is 381 g/mol. The van der Waals surface area contributed by atoms with Crippen molar-refractivity contribution in [3.63, 3.8) is 0 Å². The van der Waals surface area contributed by atoms with Gasteiger partial charge in [0.15, 0.2) is 0 Å². The average Bonchev–Trinajstić information content (AvgIpc) is 3.07. The molecule has 0 unspecified atom stereocenters. The first-order chi connectivity index (χ1) is 13.5. The maximum atomic E-state index is 13.8. The van der Waals surface area contributed by atoms with E-state index in [9.17, 15) is 19.1 Å². The summed E-state index contributed by atoms with van der Waals surface area (Å²) in [6.07, 6.45) is 0.210. The third-order valence-electron chi connectivity index (χ3n) is 4.73. The molecule has 1 amide bonds. The van der Waals surface area contributed by atoms with Gasteiger partial charge in [-0.05, 0) is 35.4 Å². The Kier molecular flexibility index (Phi) is 4.60. The first kappa shape index (κ1) is 18.2. The Morgan fingerprint density at radius 2 is 2.00 bits per heavy atom. The maximum Gasteiger partial charge on any atom is 0.346 e. The van der Waals surface area contributed by atoms with E-state index in [1.54, 1.807) is 25.3 Å². The van der Waals surface area contributed by atoms with Gasteiger partial charge in [-0.25, -0.2) is 9.18 Å². The summed E-state index contributed by atoms with van der Waals surface area (Å²) in [7, 11) is 1.57. The van der Waals surface area contributed by atoms with Crippen LogP contribution in [0.1, 0.15) is 32.5 Å². The zero-order valence-corrected chi connectivity index (χ0v) is 15.7. The molecule has 0 spiro atoms. The highest BCUT2D eigenvalue weighted by Gasteiger charge is 2.34. The summed E-state index contributed by atoms with van der Waals surface area (Å²) in [6.45, 7) is 0. The van der Waals surface area contributed by atoms with Gasteiger partial charge in [0, 0.05) is 22.8 Å². The molecule has 0 aliphatic carbocycles. The molecule has 2 N–H and O–H groups in total. The van der Waals surface area contributed by atoms with Gasteiger partial charge < -0.3 is 15.2 Å². The van der Waals surface area contributed by atoms with Crippen molar-refractivity contribution in [3.05, 3.63) is 69.7 Å². The van der Waals surface area contributed by atoms with E-state index >= 15 is 0 Å². The number of rotatable bonds is 4. The van der Waals surface area contributed by atoms with Crippen LogP contribution in [0.15, 0.2) is 48.5 Å². The van der Waals surface area contributed by atoms with E-state index in [1.807, 2.05) is 12.1 Å². The number of hydrogen-bond donors (Lipinski definition) is 2. The van der Waals surface area contributed by atoms with Crippen molar-refractivity contribution in [1.29, 1.82) is 0 Å². The lowest BCUT2D eigenvalue weighted by Gasteiger charge is -2.24. The minimum Gasteiger partial charge on any atom is -0.497 e. The predicted molar refractivity (Wildman–Crippen MR) is 105 cm³/mol. The van der Waals surface area contributed by atoms with Gasteiger partial charge in [-0.15, -0.1) is 11.3 Å². The van der Waals surface area contributed by atoms with Gasteiger partial charge in [0.25, 0.3) is 0 Å². The molecule has 0 bridgehead atoms. The van der Waals surface area contributed by atoms with Crippen LogP contribution < -0.4 is 10.1 Å². The number of halogens is 1. The summed E-state index contributed by atoms with van der Waals surface area (Å²) >= 11 is 1.12. The average molecular weight is 397 g/mol. The lowest BCUT2D eigenvalue weighted by Crippen LogP contribution is -2.22. The number of carbonyl (C=O) groups excluding carboxylic acids is 1. The second kappa shape index (κ2) is 7.09. The van der Waals surface area contributed by atoms with Crippen LogP contribution >= 0.6 is 11.3 Å². The highest BCUT2D eigenvalue weighted by Crippen LogP contribution is 2.49. The van der Waals surface area contributed by atoms with Crippen molar-refractivity contribution >= 4 is 28.9 Å². The zero-order valence-electron chi connectivity index (χ0n) is 14.9. The molecule has 4 rings (SSSR count). The molecule has 0 saturated heterocycles. The Morgan fingerprint density at radius 3 is 2.64 bits per heavy atom. The number of ether oxygens (including phenoxy) is 1.